The summed E-state index contributed by atoms with van der Waals surface area (Å²) in [5, 5.41) is 2.97. The first-order valence-electron chi connectivity index (χ1n) is 9.03. The molecule has 0 aromatic heterocycles. The number of rotatable bonds is 9. The van der Waals surface area contributed by atoms with E-state index in [2.05, 4.69) is 10.2 Å². The molecule has 5 heteroatoms. The van der Waals surface area contributed by atoms with Gasteiger partial charge in [-0.15, -0.1) is 0 Å². The van der Waals surface area contributed by atoms with Crippen LogP contribution in [0.1, 0.15) is 24.1 Å². The van der Waals surface area contributed by atoms with Crippen molar-refractivity contribution in [3.8, 4) is 11.5 Å². The Hall–Kier alpha value is -2.79. The number of carbonyl (C=O) groups is 1. The number of para-hydroxylation sites is 1. The lowest BCUT2D eigenvalue weighted by Crippen LogP contribution is -2.33. The number of benzene rings is 2. The first kappa shape index (κ1) is 20.5. The molecule has 2 aromatic rings. The van der Waals surface area contributed by atoms with Crippen molar-refractivity contribution in [1.29, 1.82) is 0 Å². The van der Waals surface area contributed by atoms with Gasteiger partial charge in [0.25, 0.3) is 0 Å². The van der Waals surface area contributed by atoms with Crippen LogP contribution < -0.4 is 14.8 Å². The third-order valence-electron chi connectivity index (χ3n) is 4.21. The van der Waals surface area contributed by atoms with E-state index in [9.17, 15) is 4.79 Å². The predicted octanol–water partition coefficient (Wildman–Crippen LogP) is 3.53. The average Bonchev–Trinajstić information content (AvgIpc) is 2.68. The van der Waals surface area contributed by atoms with E-state index in [0.717, 1.165) is 22.6 Å². The van der Waals surface area contributed by atoms with Crippen LogP contribution in [0.4, 0.5) is 0 Å². The molecule has 5 nitrogen and oxygen atoms in total. The van der Waals surface area contributed by atoms with Gasteiger partial charge in [-0.2, -0.15) is 0 Å². The van der Waals surface area contributed by atoms with E-state index in [1.807, 2.05) is 69.6 Å². The summed E-state index contributed by atoms with van der Waals surface area (Å²) >= 11 is 0. The Morgan fingerprint density at radius 2 is 1.85 bits per heavy atom. The van der Waals surface area contributed by atoms with Gasteiger partial charge in [0.2, 0.25) is 5.91 Å². The van der Waals surface area contributed by atoms with Crippen molar-refractivity contribution in [3.63, 3.8) is 0 Å². The molecule has 0 saturated carbocycles. The molecule has 0 fully saturated rings. The van der Waals surface area contributed by atoms with Gasteiger partial charge < -0.3 is 19.7 Å². The Kier molecular flexibility index (Phi) is 7.89. The number of ether oxygens (including phenoxy) is 2. The van der Waals surface area contributed by atoms with Gasteiger partial charge in [0, 0.05) is 18.2 Å². The van der Waals surface area contributed by atoms with Crippen LogP contribution in [0, 0.1) is 0 Å². The maximum absolute atomic E-state index is 12.2. The number of nitrogens with one attached hydrogen (secondary N) is 1. The van der Waals surface area contributed by atoms with Crippen molar-refractivity contribution in [1.82, 2.24) is 10.2 Å². The maximum atomic E-state index is 12.2. The second-order valence-electron chi connectivity index (χ2n) is 6.30. The van der Waals surface area contributed by atoms with Gasteiger partial charge in [-0.25, -0.2) is 0 Å². The molecule has 0 bridgehead atoms. The quantitative estimate of drug-likeness (QED) is 0.688. The highest BCUT2D eigenvalue weighted by Crippen LogP contribution is 2.27. The smallest absolute Gasteiger partial charge is 0.244 e. The second kappa shape index (κ2) is 10.4. The highest BCUT2D eigenvalue weighted by Gasteiger charge is 2.18. The molecule has 0 aliphatic heterocycles. The summed E-state index contributed by atoms with van der Waals surface area (Å²) < 4.78 is 10.9. The highest BCUT2D eigenvalue weighted by molar-refractivity contribution is 5.91. The van der Waals surface area contributed by atoms with Gasteiger partial charge in [0.05, 0.1) is 19.8 Å². The number of nitrogens with zero attached hydrogens (tertiary/aromatic N) is 1. The second-order valence-corrected chi connectivity index (χ2v) is 6.30. The minimum atomic E-state index is -0.134. The Bertz CT molecular complexity index is 754. The molecule has 1 unspecified atom stereocenters. The SMILES string of the molecule is CCOc1ccc(/C=C/C(=O)NCC(c2ccccc2OC)N(C)C)cc1. The van der Waals surface area contributed by atoms with Crippen molar-refractivity contribution < 1.29 is 14.3 Å². The van der Waals surface area contributed by atoms with Crippen LogP contribution in [0.3, 0.4) is 0 Å². The molecular weight excluding hydrogens is 340 g/mol. The van der Waals surface area contributed by atoms with E-state index in [0.29, 0.717) is 13.2 Å². The largest absolute Gasteiger partial charge is 0.496 e. The normalized spacial score (nSPS) is 12.2. The third-order valence-corrected chi connectivity index (χ3v) is 4.21. The number of hydrogen-bond donors (Lipinski definition) is 1. The fourth-order valence-corrected chi connectivity index (χ4v) is 2.78. The van der Waals surface area contributed by atoms with Gasteiger partial charge in [0.15, 0.2) is 0 Å². The highest BCUT2D eigenvalue weighted by atomic mass is 16.5. The lowest BCUT2D eigenvalue weighted by Gasteiger charge is -2.26. The molecule has 0 radical (unpaired) electrons. The lowest BCUT2D eigenvalue weighted by atomic mass is 10.0. The van der Waals surface area contributed by atoms with Gasteiger partial charge >= 0.3 is 0 Å². The number of amides is 1. The number of hydrogen-bond acceptors (Lipinski definition) is 4. The third kappa shape index (κ3) is 6.15. The molecule has 27 heavy (non-hydrogen) atoms. The van der Waals surface area contributed by atoms with Crippen LogP contribution in [0.5, 0.6) is 11.5 Å². The van der Waals surface area contributed by atoms with Crippen molar-refractivity contribution in [2.75, 3.05) is 34.4 Å². The first-order chi connectivity index (χ1) is 13.0. The fourth-order valence-electron chi connectivity index (χ4n) is 2.78. The number of carbonyl (C=O) groups excluding carboxylic acids is 1. The van der Waals surface area contributed by atoms with Crippen LogP contribution in [0.25, 0.3) is 6.08 Å². The van der Waals surface area contributed by atoms with Gasteiger partial charge in [-0.05, 0) is 50.9 Å². The first-order valence-corrected chi connectivity index (χ1v) is 9.03. The summed E-state index contributed by atoms with van der Waals surface area (Å²) in [5.74, 6) is 1.51. The Balaban J connectivity index is 1.97. The zero-order chi connectivity index (χ0) is 19.6. The van der Waals surface area contributed by atoms with Crippen LogP contribution in [-0.4, -0.2) is 45.2 Å². The molecule has 1 N–H and O–H groups in total. The molecule has 144 valence electrons. The van der Waals surface area contributed by atoms with Crippen LogP contribution >= 0.6 is 0 Å². The van der Waals surface area contributed by atoms with E-state index < -0.39 is 0 Å². The summed E-state index contributed by atoms with van der Waals surface area (Å²) in [6, 6.07) is 15.5. The summed E-state index contributed by atoms with van der Waals surface area (Å²) in [4.78, 5) is 14.3. The van der Waals surface area contributed by atoms with Crippen molar-refractivity contribution >= 4 is 12.0 Å². The summed E-state index contributed by atoms with van der Waals surface area (Å²) in [5.41, 5.74) is 1.99. The Labute approximate surface area is 161 Å². The van der Waals surface area contributed by atoms with Gasteiger partial charge in [-0.3, -0.25) is 4.79 Å². The van der Waals surface area contributed by atoms with E-state index >= 15 is 0 Å². The zero-order valence-electron chi connectivity index (χ0n) is 16.4. The molecule has 2 rings (SSSR count). The van der Waals surface area contributed by atoms with Crippen LogP contribution in [-0.2, 0) is 4.79 Å². The minimum absolute atomic E-state index is 0.0176. The van der Waals surface area contributed by atoms with Gasteiger partial charge in [-0.1, -0.05) is 30.3 Å². The van der Waals surface area contributed by atoms with E-state index in [1.165, 1.54) is 0 Å². The summed E-state index contributed by atoms with van der Waals surface area (Å²) in [7, 11) is 5.63. The molecule has 0 aliphatic carbocycles. The Morgan fingerprint density at radius 1 is 1.15 bits per heavy atom. The van der Waals surface area contributed by atoms with Crippen LogP contribution in [0.2, 0.25) is 0 Å². The minimum Gasteiger partial charge on any atom is -0.496 e. The fraction of sp³-hybridized carbons (Fsp3) is 0.318. The molecule has 0 aliphatic rings. The monoisotopic (exact) mass is 368 g/mol. The molecule has 0 heterocycles. The molecule has 2 aromatic carbocycles. The summed E-state index contributed by atoms with van der Waals surface area (Å²) in [6.07, 6.45) is 3.34. The maximum Gasteiger partial charge on any atom is 0.244 e. The van der Waals surface area contributed by atoms with E-state index in [1.54, 1.807) is 19.3 Å². The van der Waals surface area contributed by atoms with Gasteiger partial charge in [0.1, 0.15) is 11.5 Å². The molecule has 1 amide bonds. The van der Waals surface area contributed by atoms with Crippen molar-refractivity contribution in [2.24, 2.45) is 0 Å². The molecule has 1 atom stereocenters. The standard InChI is InChI=1S/C22H28N2O3/c1-5-27-18-13-10-17(11-14-18)12-15-22(25)23-16-20(24(2)3)19-8-6-7-9-21(19)26-4/h6-15,20H,5,16H2,1-4H3,(H,23,25)/b15-12+. The number of methoxy groups -OCH3 is 1. The van der Waals surface area contributed by atoms with E-state index in [4.69, 9.17) is 9.47 Å². The lowest BCUT2D eigenvalue weighted by molar-refractivity contribution is -0.116. The van der Waals surface area contributed by atoms with Crippen molar-refractivity contribution in [2.45, 2.75) is 13.0 Å². The van der Waals surface area contributed by atoms with Crippen LogP contribution in [0.15, 0.2) is 54.6 Å². The topological polar surface area (TPSA) is 50.8 Å². The van der Waals surface area contributed by atoms with Crippen molar-refractivity contribution in [3.05, 3.63) is 65.7 Å². The number of likely N-dealkylation sites (N-methyl/N-ethyl adjacent to an activating group) is 1. The average molecular weight is 368 g/mol. The molecular formula is C22H28N2O3. The van der Waals surface area contributed by atoms with E-state index in [-0.39, 0.29) is 11.9 Å². The molecule has 0 spiro atoms. The summed E-state index contributed by atoms with van der Waals surface area (Å²) in [6.45, 7) is 3.07. The predicted molar refractivity (Wildman–Crippen MR) is 109 cm³/mol. The zero-order valence-corrected chi connectivity index (χ0v) is 16.4. The molecule has 0 saturated heterocycles. The Morgan fingerprint density at radius 3 is 2.48 bits per heavy atom.